The summed E-state index contributed by atoms with van der Waals surface area (Å²) in [6.07, 6.45) is 9.87. The SMILES string of the molecule is C=CC(=O)c1ccc([C@H]2CC[C@H](CCCC)CC2)cc1F. The highest BCUT2D eigenvalue weighted by molar-refractivity contribution is 6.04. The summed E-state index contributed by atoms with van der Waals surface area (Å²) in [6, 6.07) is 5.07. The molecule has 1 aliphatic rings. The molecule has 0 bridgehead atoms. The van der Waals surface area contributed by atoms with E-state index in [1.54, 1.807) is 12.1 Å². The van der Waals surface area contributed by atoms with E-state index in [1.165, 1.54) is 32.1 Å². The van der Waals surface area contributed by atoms with Crippen LogP contribution in [0.25, 0.3) is 0 Å². The van der Waals surface area contributed by atoms with Gasteiger partial charge in [-0.3, -0.25) is 4.79 Å². The quantitative estimate of drug-likeness (QED) is 0.487. The molecule has 1 fully saturated rings. The molecule has 0 N–H and O–H groups in total. The molecule has 114 valence electrons. The number of hydrogen-bond acceptors (Lipinski definition) is 1. The van der Waals surface area contributed by atoms with E-state index >= 15 is 0 Å². The minimum Gasteiger partial charge on any atom is -0.289 e. The Labute approximate surface area is 127 Å². The molecule has 0 amide bonds. The van der Waals surface area contributed by atoms with Crippen LogP contribution in [-0.2, 0) is 0 Å². The fourth-order valence-corrected chi connectivity index (χ4v) is 3.37. The summed E-state index contributed by atoms with van der Waals surface area (Å²) in [5, 5.41) is 0. The van der Waals surface area contributed by atoms with Crippen molar-refractivity contribution in [3.8, 4) is 0 Å². The van der Waals surface area contributed by atoms with Gasteiger partial charge in [-0.2, -0.15) is 0 Å². The van der Waals surface area contributed by atoms with Gasteiger partial charge in [0.25, 0.3) is 0 Å². The molecule has 2 rings (SSSR count). The number of allylic oxidation sites excluding steroid dienone is 1. The zero-order valence-corrected chi connectivity index (χ0v) is 12.9. The van der Waals surface area contributed by atoms with Crippen molar-refractivity contribution in [1.82, 2.24) is 0 Å². The minimum atomic E-state index is -0.412. The maximum atomic E-state index is 14.0. The summed E-state index contributed by atoms with van der Waals surface area (Å²) < 4.78 is 14.0. The molecular weight excluding hydrogens is 263 g/mol. The van der Waals surface area contributed by atoms with E-state index in [-0.39, 0.29) is 11.3 Å². The predicted octanol–water partition coefficient (Wildman–Crippen LogP) is 5.66. The van der Waals surface area contributed by atoms with E-state index in [9.17, 15) is 9.18 Å². The van der Waals surface area contributed by atoms with Gasteiger partial charge in [0, 0.05) is 0 Å². The highest BCUT2D eigenvalue weighted by atomic mass is 19.1. The van der Waals surface area contributed by atoms with Crippen molar-refractivity contribution < 1.29 is 9.18 Å². The second kappa shape index (κ2) is 7.53. The normalized spacial score (nSPS) is 22.0. The Morgan fingerprint density at radius 2 is 2.05 bits per heavy atom. The molecule has 1 nitrogen and oxygen atoms in total. The van der Waals surface area contributed by atoms with Crippen LogP contribution < -0.4 is 0 Å². The molecule has 0 heterocycles. The first-order chi connectivity index (χ1) is 10.2. The third kappa shape index (κ3) is 4.03. The summed E-state index contributed by atoms with van der Waals surface area (Å²) in [6.45, 7) is 5.64. The minimum absolute atomic E-state index is 0.130. The molecule has 1 aliphatic carbocycles. The van der Waals surface area contributed by atoms with E-state index in [0.717, 1.165) is 30.4 Å². The molecule has 0 saturated heterocycles. The Hall–Kier alpha value is -1.44. The van der Waals surface area contributed by atoms with Gasteiger partial charge in [-0.05, 0) is 61.3 Å². The summed E-state index contributed by atoms with van der Waals surface area (Å²) in [5.74, 6) is 0.547. The summed E-state index contributed by atoms with van der Waals surface area (Å²) in [5.41, 5.74) is 1.17. The maximum absolute atomic E-state index is 14.0. The summed E-state index contributed by atoms with van der Waals surface area (Å²) in [4.78, 5) is 11.5. The van der Waals surface area contributed by atoms with Crippen molar-refractivity contribution in [2.24, 2.45) is 5.92 Å². The van der Waals surface area contributed by atoms with Crippen molar-refractivity contribution >= 4 is 5.78 Å². The summed E-state index contributed by atoms with van der Waals surface area (Å²) in [7, 11) is 0. The van der Waals surface area contributed by atoms with Gasteiger partial charge in [-0.1, -0.05) is 38.8 Å². The zero-order valence-electron chi connectivity index (χ0n) is 12.9. The second-order valence-electron chi connectivity index (χ2n) is 6.17. The maximum Gasteiger partial charge on any atom is 0.188 e. The van der Waals surface area contributed by atoms with Gasteiger partial charge < -0.3 is 0 Å². The molecule has 2 heteroatoms. The number of carbonyl (C=O) groups excluding carboxylic acids is 1. The Morgan fingerprint density at radius 1 is 1.33 bits per heavy atom. The Bertz CT molecular complexity index is 498. The molecule has 0 aliphatic heterocycles. The predicted molar refractivity (Wildman–Crippen MR) is 85.2 cm³/mol. The number of ketones is 1. The van der Waals surface area contributed by atoms with E-state index < -0.39 is 5.82 Å². The second-order valence-corrected chi connectivity index (χ2v) is 6.17. The number of rotatable bonds is 6. The number of carbonyl (C=O) groups is 1. The van der Waals surface area contributed by atoms with Crippen molar-refractivity contribution in [2.45, 2.75) is 57.8 Å². The van der Waals surface area contributed by atoms with Crippen molar-refractivity contribution in [2.75, 3.05) is 0 Å². The number of unbranched alkanes of at least 4 members (excludes halogenated alkanes) is 1. The Balaban J connectivity index is 1.99. The standard InChI is InChI=1S/C19H25FO/c1-3-5-6-14-7-9-15(10-8-14)16-11-12-17(18(20)13-16)19(21)4-2/h4,11-15H,2-3,5-10H2,1H3/t14-,15-. The van der Waals surface area contributed by atoms with E-state index in [1.807, 2.05) is 6.07 Å². The van der Waals surface area contributed by atoms with Crippen LogP contribution in [0.3, 0.4) is 0 Å². The van der Waals surface area contributed by atoms with Gasteiger partial charge in [0.15, 0.2) is 5.78 Å². The molecule has 21 heavy (non-hydrogen) atoms. The van der Waals surface area contributed by atoms with Gasteiger partial charge in [-0.25, -0.2) is 4.39 Å². The molecule has 0 unspecified atom stereocenters. The van der Waals surface area contributed by atoms with Crippen LogP contribution in [0.2, 0.25) is 0 Å². The highest BCUT2D eigenvalue weighted by Gasteiger charge is 2.23. The van der Waals surface area contributed by atoms with Gasteiger partial charge in [0.05, 0.1) is 5.56 Å². The average molecular weight is 288 g/mol. The van der Waals surface area contributed by atoms with E-state index in [2.05, 4.69) is 13.5 Å². The Kier molecular flexibility index (Phi) is 5.72. The van der Waals surface area contributed by atoms with Gasteiger partial charge in [-0.15, -0.1) is 0 Å². The van der Waals surface area contributed by atoms with Crippen LogP contribution in [0.15, 0.2) is 30.9 Å². The molecule has 0 aromatic heterocycles. The van der Waals surface area contributed by atoms with Crippen molar-refractivity contribution in [3.63, 3.8) is 0 Å². The largest absolute Gasteiger partial charge is 0.289 e. The fourth-order valence-electron chi connectivity index (χ4n) is 3.37. The molecule has 1 saturated carbocycles. The lowest BCUT2D eigenvalue weighted by Crippen LogP contribution is -2.14. The number of benzene rings is 1. The molecule has 0 radical (unpaired) electrons. The van der Waals surface area contributed by atoms with Crippen LogP contribution >= 0.6 is 0 Å². The Morgan fingerprint density at radius 3 is 2.62 bits per heavy atom. The van der Waals surface area contributed by atoms with Gasteiger partial charge in [0.1, 0.15) is 5.82 Å². The van der Waals surface area contributed by atoms with Crippen molar-refractivity contribution in [3.05, 3.63) is 47.8 Å². The first-order valence-electron chi connectivity index (χ1n) is 8.12. The third-order valence-corrected chi connectivity index (χ3v) is 4.73. The van der Waals surface area contributed by atoms with Gasteiger partial charge >= 0.3 is 0 Å². The van der Waals surface area contributed by atoms with E-state index in [0.29, 0.717) is 5.92 Å². The smallest absolute Gasteiger partial charge is 0.188 e. The van der Waals surface area contributed by atoms with Crippen LogP contribution in [-0.4, -0.2) is 5.78 Å². The number of hydrogen-bond donors (Lipinski definition) is 0. The third-order valence-electron chi connectivity index (χ3n) is 4.73. The van der Waals surface area contributed by atoms with Crippen LogP contribution in [0.5, 0.6) is 0 Å². The zero-order chi connectivity index (χ0) is 15.2. The lowest BCUT2D eigenvalue weighted by Gasteiger charge is -2.29. The lowest BCUT2D eigenvalue weighted by atomic mass is 9.77. The van der Waals surface area contributed by atoms with Crippen LogP contribution in [0.1, 0.15) is 73.7 Å². The molecule has 0 spiro atoms. The van der Waals surface area contributed by atoms with Crippen LogP contribution in [0, 0.1) is 11.7 Å². The van der Waals surface area contributed by atoms with Crippen LogP contribution in [0.4, 0.5) is 4.39 Å². The molecule has 1 aromatic carbocycles. The monoisotopic (exact) mass is 288 g/mol. The lowest BCUT2D eigenvalue weighted by molar-refractivity contribution is 0.104. The van der Waals surface area contributed by atoms with E-state index in [4.69, 9.17) is 0 Å². The van der Waals surface area contributed by atoms with Gasteiger partial charge in [0.2, 0.25) is 0 Å². The number of halogens is 1. The molecule has 0 atom stereocenters. The fraction of sp³-hybridized carbons (Fsp3) is 0.526. The first kappa shape index (κ1) is 15.9. The summed E-state index contributed by atoms with van der Waals surface area (Å²) >= 11 is 0. The average Bonchev–Trinajstić information content (AvgIpc) is 2.52. The molecular formula is C19H25FO. The van der Waals surface area contributed by atoms with Crippen molar-refractivity contribution in [1.29, 1.82) is 0 Å². The first-order valence-corrected chi connectivity index (χ1v) is 8.12. The molecule has 1 aromatic rings. The highest BCUT2D eigenvalue weighted by Crippen LogP contribution is 2.38. The topological polar surface area (TPSA) is 17.1 Å².